The Balaban J connectivity index is 1.98. The molecule has 20 heavy (non-hydrogen) atoms. The molecule has 1 aromatic carbocycles. The van der Waals surface area contributed by atoms with Gasteiger partial charge in [-0.2, -0.15) is 0 Å². The average molecular weight is 271 g/mol. The Labute approximate surface area is 117 Å². The maximum Gasteiger partial charge on any atom is 0.250 e. The summed E-state index contributed by atoms with van der Waals surface area (Å²) in [5.41, 5.74) is 7.64. The Morgan fingerprint density at radius 1 is 1.25 bits per heavy atom. The molecule has 0 saturated carbocycles. The summed E-state index contributed by atoms with van der Waals surface area (Å²) >= 11 is 0. The van der Waals surface area contributed by atoms with E-state index in [-0.39, 0.29) is 17.9 Å². The minimum absolute atomic E-state index is 0.0956. The van der Waals surface area contributed by atoms with Crippen LogP contribution in [0.5, 0.6) is 0 Å². The Hall–Kier alpha value is -2.56. The lowest BCUT2D eigenvalue weighted by molar-refractivity contribution is -0.116. The van der Waals surface area contributed by atoms with E-state index in [0.29, 0.717) is 17.9 Å². The average Bonchev–Trinajstić information content (AvgIpc) is 2.38. The van der Waals surface area contributed by atoms with E-state index >= 15 is 0 Å². The molecule has 3 N–H and O–H groups in total. The first kappa shape index (κ1) is 13.9. The van der Waals surface area contributed by atoms with Gasteiger partial charge in [0, 0.05) is 36.1 Å². The summed E-state index contributed by atoms with van der Waals surface area (Å²) in [6.07, 6.45) is 0.236. The summed E-state index contributed by atoms with van der Waals surface area (Å²) in [6, 6.07) is 12.0. The zero-order valence-electron chi connectivity index (χ0n) is 11.3. The van der Waals surface area contributed by atoms with Crippen LogP contribution in [-0.2, 0) is 11.3 Å². The van der Waals surface area contributed by atoms with Crippen molar-refractivity contribution in [1.29, 1.82) is 0 Å². The lowest BCUT2D eigenvalue weighted by Gasteiger charge is -2.09. The van der Waals surface area contributed by atoms with Crippen LogP contribution >= 0.6 is 0 Å². The van der Waals surface area contributed by atoms with Crippen LogP contribution in [0.4, 0.5) is 11.4 Å². The number of anilines is 2. The van der Waals surface area contributed by atoms with Crippen molar-refractivity contribution in [2.75, 3.05) is 11.1 Å². The van der Waals surface area contributed by atoms with E-state index in [1.807, 2.05) is 13.0 Å². The highest BCUT2D eigenvalue weighted by molar-refractivity contribution is 5.91. The summed E-state index contributed by atoms with van der Waals surface area (Å²) < 4.78 is 1.58. The van der Waals surface area contributed by atoms with Gasteiger partial charge in [-0.25, -0.2) is 0 Å². The lowest BCUT2D eigenvalue weighted by atomic mass is 10.2. The highest BCUT2D eigenvalue weighted by Gasteiger charge is 2.05. The first-order valence-electron chi connectivity index (χ1n) is 6.38. The number of nitrogens with zero attached hydrogens (tertiary/aromatic N) is 1. The van der Waals surface area contributed by atoms with Crippen LogP contribution in [-0.4, -0.2) is 10.5 Å². The van der Waals surface area contributed by atoms with Crippen molar-refractivity contribution in [1.82, 2.24) is 4.57 Å². The Morgan fingerprint density at radius 3 is 2.70 bits per heavy atom. The molecule has 5 heteroatoms. The first-order chi connectivity index (χ1) is 9.56. The number of amides is 1. The third-order valence-electron chi connectivity index (χ3n) is 3.00. The fourth-order valence-corrected chi connectivity index (χ4v) is 1.96. The normalized spacial score (nSPS) is 10.2. The number of hydrogen-bond acceptors (Lipinski definition) is 3. The molecule has 2 aromatic rings. The molecular weight excluding hydrogens is 254 g/mol. The molecule has 5 nitrogen and oxygen atoms in total. The minimum atomic E-state index is -0.147. The Morgan fingerprint density at radius 2 is 2.00 bits per heavy atom. The van der Waals surface area contributed by atoms with Gasteiger partial charge in [-0.15, -0.1) is 0 Å². The smallest absolute Gasteiger partial charge is 0.250 e. The van der Waals surface area contributed by atoms with Crippen molar-refractivity contribution in [3.05, 3.63) is 58.5 Å². The Kier molecular flexibility index (Phi) is 4.20. The molecule has 0 unspecified atom stereocenters. The van der Waals surface area contributed by atoms with E-state index in [0.717, 1.165) is 5.69 Å². The van der Waals surface area contributed by atoms with Crippen LogP contribution in [0.2, 0.25) is 0 Å². The molecule has 0 aliphatic carbocycles. The lowest BCUT2D eigenvalue weighted by Crippen LogP contribution is -2.24. The Bertz CT molecular complexity index is 677. The molecule has 0 radical (unpaired) electrons. The third kappa shape index (κ3) is 3.47. The van der Waals surface area contributed by atoms with Gasteiger partial charge < -0.3 is 15.6 Å². The van der Waals surface area contributed by atoms with Crippen molar-refractivity contribution in [2.24, 2.45) is 0 Å². The molecular formula is C15H17N3O2. The van der Waals surface area contributed by atoms with E-state index in [1.54, 1.807) is 34.9 Å². The van der Waals surface area contributed by atoms with Gasteiger partial charge in [-0.3, -0.25) is 9.59 Å². The van der Waals surface area contributed by atoms with Crippen molar-refractivity contribution in [3.63, 3.8) is 0 Å². The zero-order valence-corrected chi connectivity index (χ0v) is 11.3. The van der Waals surface area contributed by atoms with Crippen molar-refractivity contribution in [3.8, 4) is 0 Å². The van der Waals surface area contributed by atoms with E-state index < -0.39 is 0 Å². The molecule has 2 rings (SSSR count). The number of aromatic nitrogens is 1. The molecule has 104 valence electrons. The molecule has 0 spiro atoms. The van der Waals surface area contributed by atoms with Crippen LogP contribution in [0, 0.1) is 6.92 Å². The predicted octanol–water partition coefficient (Wildman–Crippen LogP) is 1.77. The number of benzene rings is 1. The van der Waals surface area contributed by atoms with Crippen LogP contribution in [0.3, 0.4) is 0 Å². The predicted molar refractivity (Wildman–Crippen MR) is 79.5 cm³/mol. The summed E-state index contributed by atoms with van der Waals surface area (Å²) in [6.45, 7) is 2.21. The molecule has 1 aromatic heterocycles. The second-order valence-electron chi connectivity index (χ2n) is 4.58. The summed E-state index contributed by atoms with van der Waals surface area (Å²) in [4.78, 5) is 23.5. The summed E-state index contributed by atoms with van der Waals surface area (Å²) in [5.74, 6) is -0.147. The number of pyridine rings is 1. The van der Waals surface area contributed by atoms with Gasteiger partial charge in [0.1, 0.15) is 0 Å². The van der Waals surface area contributed by atoms with Crippen LogP contribution in [0.15, 0.2) is 47.3 Å². The van der Waals surface area contributed by atoms with Gasteiger partial charge in [0.15, 0.2) is 0 Å². The molecule has 0 saturated heterocycles. The number of hydrogen-bond donors (Lipinski definition) is 2. The fraction of sp³-hybridized carbons (Fsp3) is 0.200. The second kappa shape index (κ2) is 6.06. The largest absolute Gasteiger partial charge is 0.399 e. The van der Waals surface area contributed by atoms with Crippen LogP contribution in [0.25, 0.3) is 0 Å². The number of nitrogens with two attached hydrogens (primary N) is 1. The number of rotatable bonds is 4. The van der Waals surface area contributed by atoms with Gasteiger partial charge in [0.2, 0.25) is 5.91 Å². The molecule has 1 amide bonds. The topological polar surface area (TPSA) is 77.1 Å². The van der Waals surface area contributed by atoms with E-state index in [1.165, 1.54) is 6.07 Å². The van der Waals surface area contributed by atoms with Crippen molar-refractivity contribution >= 4 is 17.3 Å². The SMILES string of the molecule is Cc1cccc(=O)n1CCC(=O)Nc1cccc(N)c1. The fourth-order valence-electron chi connectivity index (χ4n) is 1.96. The molecule has 0 fully saturated rings. The van der Waals surface area contributed by atoms with Crippen LogP contribution in [0.1, 0.15) is 12.1 Å². The molecule has 0 atom stereocenters. The van der Waals surface area contributed by atoms with E-state index in [2.05, 4.69) is 5.32 Å². The summed E-state index contributed by atoms with van der Waals surface area (Å²) in [5, 5.41) is 2.76. The van der Waals surface area contributed by atoms with Gasteiger partial charge in [0.25, 0.3) is 5.56 Å². The minimum Gasteiger partial charge on any atom is -0.399 e. The van der Waals surface area contributed by atoms with Crippen molar-refractivity contribution < 1.29 is 4.79 Å². The highest BCUT2D eigenvalue weighted by Crippen LogP contribution is 2.12. The summed E-state index contributed by atoms with van der Waals surface area (Å²) in [7, 11) is 0. The molecule has 1 heterocycles. The number of carbonyl (C=O) groups is 1. The van der Waals surface area contributed by atoms with Gasteiger partial charge in [-0.05, 0) is 31.2 Å². The molecule has 0 aliphatic heterocycles. The molecule has 0 aliphatic rings. The van der Waals surface area contributed by atoms with E-state index in [4.69, 9.17) is 5.73 Å². The second-order valence-corrected chi connectivity index (χ2v) is 4.58. The maximum absolute atomic E-state index is 11.9. The van der Waals surface area contributed by atoms with Gasteiger partial charge in [-0.1, -0.05) is 12.1 Å². The standard InChI is InChI=1S/C15H17N3O2/c1-11-4-2-7-15(20)18(11)9-8-14(19)17-13-6-3-5-12(16)10-13/h2-7,10H,8-9,16H2,1H3,(H,17,19). The number of aryl methyl sites for hydroxylation is 1. The first-order valence-corrected chi connectivity index (χ1v) is 6.38. The van der Waals surface area contributed by atoms with Gasteiger partial charge in [0.05, 0.1) is 0 Å². The number of carbonyl (C=O) groups excluding carboxylic acids is 1. The monoisotopic (exact) mass is 271 g/mol. The highest BCUT2D eigenvalue weighted by atomic mass is 16.1. The third-order valence-corrected chi connectivity index (χ3v) is 3.00. The zero-order chi connectivity index (χ0) is 14.5. The van der Waals surface area contributed by atoms with Gasteiger partial charge >= 0.3 is 0 Å². The van der Waals surface area contributed by atoms with E-state index in [9.17, 15) is 9.59 Å². The quantitative estimate of drug-likeness (QED) is 0.832. The number of nitrogens with one attached hydrogen (secondary N) is 1. The maximum atomic E-state index is 11.9. The number of nitrogen functional groups attached to an aromatic ring is 1. The molecule has 0 bridgehead atoms. The van der Waals surface area contributed by atoms with Crippen molar-refractivity contribution in [2.45, 2.75) is 19.9 Å². The van der Waals surface area contributed by atoms with Crippen LogP contribution < -0.4 is 16.6 Å².